The summed E-state index contributed by atoms with van der Waals surface area (Å²) in [6.07, 6.45) is 0.668. The number of carbonyl (C=O) groups is 2. The van der Waals surface area contributed by atoms with Gasteiger partial charge in [-0.3, -0.25) is 9.59 Å². The van der Waals surface area contributed by atoms with E-state index in [2.05, 4.69) is 15.6 Å². The number of fused-ring (bicyclic) bond motifs is 1. The molecule has 0 radical (unpaired) electrons. The van der Waals surface area contributed by atoms with E-state index in [1.54, 1.807) is 0 Å². The second-order valence-electron chi connectivity index (χ2n) is 7.29. The van der Waals surface area contributed by atoms with Crippen molar-refractivity contribution >= 4 is 55.9 Å². The van der Waals surface area contributed by atoms with Crippen LogP contribution in [0.25, 0.3) is 10.2 Å². The van der Waals surface area contributed by atoms with Crippen molar-refractivity contribution in [3.63, 3.8) is 0 Å². The van der Waals surface area contributed by atoms with Crippen LogP contribution in [-0.4, -0.2) is 22.0 Å². The fourth-order valence-corrected chi connectivity index (χ4v) is 5.15. The normalized spacial score (nSPS) is 11.8. The molecule has 2 N–H and O–H groups in total. The molecular formula is C25H23N3O2S2. The number of thiazole rings is 1. The topological polar surface area (TPSA) is 71.1 Å². The highest BCUT2D eigenvalue weighted by molar-refractivity contribution is 8.00. The van der Waals surface area contributed by atoms with Crippen LogP contribution in [0.5, 0.6) is 0 Å². The first-order chi connectivity index (χ1) is 15.5. The first kappa shape index (κ1) is 22.0. The summed E-state index contributed by atoms with van der Waals surface area (Å²) in [5, 5.41) is 6.24. The molecule has 1 unspecified atom stereocenters. The minimum atomic E-state index is -0.274. The van der Waals surface area contributed by atoms with E-state index >= 15 is 0 Å². The monoisotopic (exact) mass is 461 g/mol. The van der Waals surface area contributed by atoms with Crippen molar-refractivity contribution in [1.82, 2.24) is 4.98 Å². The van der Waals surface area contributed by atoms with Crippen LogP contribution >= 0.6 is 23.1 Å². The van der Waals surface area contributed by atoms with Crippen LogP contribution in [0, 0.1) is 6.92 Å². The quantitative estimate of drug-likeness (QED) is 0.314. The highest BCUT2D eigenvalue weighted by Crippen LogP contribution is 2.30. The van der Waals surface area contributed by atoms with Gasteiger partial charge in [0, 0.05) is 16.1 Å². The van der Waals surface area contributed by atoms with Gasteiger partial charge >= 0.3 is 0 Å². The summed E-state index contributed by atoms with van der Waals surface area (Å²) in [6.45, 7) is 3.90. The molecule has 0 aliphatic carbocycles. The maximum absolute atomic E-state index is 12.9. The van der Waals surface area contributed by atoms with Crippen LogP contribution in [0.15, 0.2) is 77.7 Å². The number of rotatable bonds is 7. The van der Waals surface area contributed by atoms with Gasteiger partial charge in [0.1, 0.15) is 0 Å². The van der Waals surface area contributed by atoms with Crippen LogP contribution in [0.2, 0.25) is 0 Å². The van der Waals surface area contributed by atoms with Gasteiger partial charge in [-0.1, -0.05) is 54.7 Å². The van der Waals surface area contributed by atoms with Gasteiger partial charge in [-0.25, -0.2) is 4.98 Å². The van der Waals surface area contributed by atoms with Crippen molar-refractivity contribution in [3.05, 3.63) is 83.9 Å². The highest BCUT2D eigenvalue weighted by Gasteiger charge is 2.20. The molecule has 162 valence electrons. The van der Waals surface area contributed by atoms with Gasteiger partial charge in [-0.2, -0.15) is 0 Å². The molecule has 0 fully saturated rings. The van der Waals surface area contributed by atoms with Crippen molar-refractivity contribution < 1.29 is 9.59 Å². The molecule has 1 heterocycles. The molecule has 4 aromatic rings. The van der Waals surface area contributed by atoms with E-state index in [1.807, 2.05) is 86.6 Å². The lowest BCUT2D eigenvalue weighted by Gasteiger charge is -2.14. The highest BCUT2D eigenvalue weighted by atomic mass is 32.2. The maximum atomic E-state index is 12.9. The molecule has 4 rings (SSSR count). The molecule has 3 aromatic carbocycles. The number of aromatic nitrogens is 1. The van der Waals surface area contributed by atoms with Gasteiger partial charge in [0.25, 0.3) is 5.91 Å². The van der Waals surface area contributed by atoms with E-state index in [0.717, 1.165) is 20.7 Å². The smallest absolute Gasteiger partial charge is 0.255 e. The van der Waals surface area contributed by atoms with Crippen molar-refractivity contribution in [2.24, 2.45) is 0 Å². The minimum Gasteiger partial charge on any atom is -0.322 e. The van der Waals surface area contributed by atoms with Gasteiger partial charge < -0.3 is 10.6 Å². The number of nitrogens with one attached hydrogen (secondary N) is 2. The zero-order valence-corrected chi connectivity index (χ0v) is 19.4. The molecule has 32 heavy (non-hydrogen) atoms. The molecule has 0 saturated carbocycles. The summed E-state index contributed by atoms with van der Waals surface area (Å²) < 4.78 is 1.04. The molecule has 2 amide bonds. The number of carbonyl (C=O) groups excluding carboxylic acids is 2. The van der Waals surface area contributed by atoms with Crippen molar-refractivity contribution in [3.8, 4) is 0 Å². The van der Waals surface area contributed by atoms with Gasteiger partial charge in [0.2, 0.25) is 5.91 Å². The van der Waals surface area contributed by atoms with Crippen LogP contribution in [0.4, 0.5) is 10.8 Å². The zero-order chi connectivity index (χ0) is 22.5. The lowest BCUT2D eigenvalue weighted by Crippen LogP contribution is -2.24. The van der Waals surface area contributed by atoms with E-state index in [0.29, 0.717) is 22.8 Å². The standard InChI is InChI=1S/C25H23N3O2S2/c1-3-21(24(30)28-25-27-20-13-6-7-14-22(20)32-25)31-18-11-8-10-17(15-18)26-23(29)19-12-5-4-9-16(19)2/h4-15,21H,3H2,1-2H3,(H,26,29)(H,27,28,30). The Morgan fingerprint density at radius 2 is 1.78 bits per heavy atom. The third-order valence-corrected chi connectivity index (χ3v) is 7.26. The Kier molecular flexibility index (Phi) is 6.87. The number of hydrogen-bond acceptors (Lipinski definition) is 5. The van der Waals surface area contributed by atoms with Crippen LogP contribution in [0.3, 0.4) is 0 Å². The third kappa shape index (κ3) is 5.18. The largest absolute Gasteiger partial charge is 0.322 e. The van der Waals surface area contributed by atoms with Gasteiger partial charge in [0.05, 0.1) is 15.5 Å². The van der Waals surface area contributed by atoms with Crippen LogP contribution in [-0.2, 0) is 4.79 Å². The summed E-state index contributed by atoms with van der Waals surface area (Å²) in [6, 6.07) is 22.9. The fourth-order valence-electron chi connectivity index (χ4n) is 3.27. The first-order valence-corrected chi connectivity index (χ1v) is 12.0. The number of anilines is 2. The maximum Gasteiger partial charge on any atom is 0.255 e. The molecule has 0 aliphatic rings. The fraction of sp³-hybridized carbons (Fsp3) is 0.160. The number of benzene rings is 3. The summed E-state index contributed by atoms with van der Waals surface area (Å²) in [5.74, 6) is -0.225. The van der Waals surface area contributed by atoms with E-state index in [9.17, 15) is 9.59 Å². The van der Waals surface area contributed by atoms with Crippen molar-refractivity contribution in [1.29, 1.82) is 0 Å². The summed E-state index contributed by atoms with van der Waals surface area (Å²) >= 11 is 2.94. The number of amides is 2. The molecule has 5 nitrogen and oxygen atoms in total. The van der Waals surface area contributed by atoms with Crippen molar-refractivity contribution in [2.75, 3.05) is 10.6 Å². The van der Waals surface area contributed by atoms with E-state index in [1.165, 1.54) is 23.1 Å². The predicted molar refractivity (Wildman–Crippen MR) is 134 cm³/mol. The molecular weight excluding hydrogens is 438 g/mol. The second kappa shape index (κ2) is 9.97. The number of hydrogen-bond donors (Lipinski definition) is 2. The van der Waals surface area contributed by atoms with E-state index < -0.39 is 0 Å². The zero-order valence-electron chi connectivity index (χ0n) is 17.8. The van der Waals surface area contributed by atoms with Gasteiger partial charge in [-0.05, 0) is 55.3 Å². The molecule has 0 aliphatic heterocycles. The Hall–Kier alpha value is -3.16. The predicted octanol–water partition coefficient (Wildman–Crippen LogP) is 6.37. The Morgan fingerprint density at radius 1 is 1.00 bits per heavy atom. The summed E-state index contributed by atoms with van der Waals surface area (Å²) in [7, 11) is 0. The molecule has 0 spiro atoms. The summed E-state index contributed by atoms with van der Waals surface area (Å²) in [5.41, 5.74) is 3.15. The molecule has 0 saturated heterocycles. The van der Waals surface area contributed by atoms with Gasteiger partial charge in [0.15, 0.2) is 5.13 Å². The Balaban J connectivity index is 1.43. The van der Waals surface area contributed by atoms with E-state index in [4.69, 9.17) is 0 Å². The molecule has 1 aromatic heterocycles. The number of thioether (sulfide) groups is 1. The number of nitrogens with zero attached hydrogens (tertiary/aromatic N) is 1. The minimum absolute atomic E-state index is 0.0779. The van der Waals surface area contributed by atoms with Gasteiger partial charge in [-0.15, -0.1) is 11.8 Å². The average Bonchev–Trinajstić information content (AvgIpc) is 3.20. The Morgan fingerprint density at radius 3 is 2.56 bits per heavy atom. The lowest BCUT2D eigenvalue weighted by molar-refractivity contribution is -0.115. The molecule has 0 bridgehead atoms. The molecule has 1 atom stereocenters. The van der Waals surface area contributed by atoms with Crippen molar-refractivity contribution in [2.45, 2.75) is 30.4 Å². The average molecular weight is 462 g/mol. The number of aryl methyl sites for hydroxylation is 1. The first-order valence-electron chi connectivity index (χ1n) is 10.3. The van der Waals surface area contributed by atoms with E-state index in [-0.39, 0.29) is 17.1 Å². The van der Waals surface area contributed by atoms with Crippen LogP contribution < -0.4 is 10.6 Å². The third-order valence-electron chi connectivity index (χ3n) is 4.95. The van der Waals surface area contributed by atoms with Crippen LogP contribution in [0.1, 0.15) is 29.3 Å². The SMILES string of the molecule is CCC(Sc1cccc(NC(=O)c2ccccc2C)c1)C(=O)Nc1nc2ccccc2s1. The second-order valence-corrected chi connectivity index (χ2v) is 9.59. The molecule has 7 heteroatoms. The Labute approximate surface area is 195 Å². The lowest BCUT2D eigenvalue weighted by atomic mass is 10.1. The summed E-state index contributed by atoms with van der Waals surface area (Å²) in [4.78, 5) is 30.9. The number of para-hydroxylation sites is 1. The Bertz CT molecular complexity index is 1240.